The van der Waals surface area contributed by atoms with Crippen LogP contribution >= 0.6 is 0 Å². The van der Waals surface area contributed by atoms with Gasteiger partial charge in [-0.1, -0.05) is 12.2 Å². The standard InChI is InChI=1S/C16H16O5/c1-7(2)9-5-11(18)10(6-17)13-12(9)14(19)8(3)16(21-4)15(13)20/h5-6,18-20H,3H2,1-2,4H3. The second kappa shape index (κ2) is 5.01. The molecule has 0 saturated heterocycles. The van der Waals surface area contributed by atoms with Crippen molar-refractivity contribution in [1.29, 1.82) is 0 Å². The van der Waals surface area contributed by atoms with E-state index in [0.29, 0.717) is 11.5 Å². The summed E-state index contributed by atoms with van der Waals surface area (Å²) in [5, 5.41) is 31.7. The molecule has 0 aliphatic rings. The molecule has 0 saturated carbocycles. The second-order valence-corrected chi connectivity index (χ2v) is 4.93. The van der Waals surface area contributed by atoms with E-state index in [2.05, 4.69) is 6.58 Å². The molecule has 2 aromatic carbocycles. The number of aromatic hydroxyl groups is 3. The van der Waals surface area contributed by atoms with Crippen molar-refractivity contribution < 1.29 is 24.9 Å². The fourth-order valence-corrected chi connectivity index (χ4v) is 2.42. The Labute approximate surface area is 121 Å². The van der Waals surface area contributed by atoms with Gasteiger partial charge in [0.15, 0.2) is 17.8 Å². The van der Waals surface area contributed by atoms with Crippen LogP contribution in [-0.2, 0) is 0 Å². The maximum Gasteiger partial charge on any atom is 0.171 e. The number of hydrogen-bond acceptors (Lipinski definition) is 5. The van der Waals surface area contributed by atoms with E-state index in [0.717, 1.165) is 5.57 Å². The van der Waals surface area contributed by atoms with Crippen LogP contribution in [0.25, 0.3) is 22.9 Å². The summed E-state index contributed by atoms with van der Waals surface area (Å²) >= 11 is 0. The van der Waals surface area contributed by atoms with Crippen LogP contribution in [-0.4, -0.2) is 28.7 Å². The van der Waals surface area contributed by atoms with Crippen LogP contribution in [0.2, 0.25) is 0 Å². The third kappa shape index (κ3) is 1.98. The minimum Gasteiger partial charge on any atom is -0.507 e. The first-order valence-electron chi connectivity index (χ1n) is 6.24. The van der Waals surface area contributed by atoms with Crippen molar-refractivity contribution in [1.82, 2.24) is 0 Å². The van der Waals surface area contributed by atoms with E-state index in [9.17, 15) is 20.1 Å². The van der Waals surface area contributed by atoms with Gasteiger partial charge in [0, 0.05) is 10.8 Å². The summed E-state index contributed by atoms with van der Waals surface area (Å²) in [6.07, 6.45) is 0.424. The summed E-state index contributed by atoms with van der Waals surface area (Å²) < 4.78 is 5.03. The Morgan fingerprint density at radius 3 is 2.29 bits per heavy atom. The van der Waals surface area contributed by atoms with Gasteiger partial charge in [-0.15, -0.1) is 0 Å². The van der Waals surface area contributed by atoms with Gasteiger partial charge in [0.1, 0.15) is 11.5 Å². The lowest BCUT2D eigenvalue weighted by Crippen LogP contribution is -2.13. The molecule has 0 spiro atoms. The Balaban J connectivity index is 3.35. The molecular formula is C16H16O5. The number of hydrogen-bond donors (Lipinski definition) is 3. The number of ether oxygens (including phenoxy) is 1. The van der Waals surface area contributed by atoms with E-state index >= 15 is 0 Å². The smallest absolute Gasteiger partial charge is 0.171 e. The van der Waals surface area contributed by atoms with Crippen molar-refractivity contribution in [2.45, 2.75) is 13.8 Å². The van der Waals surface area contributed by atoms with Gasteiger partial charge in [0.25, 0.3) is 0 Å². The second-order valence-electron chi connectivity index (χ2n) is 4.93. The van der Waals surface area contributed by atoms with E-state index < -0.39 is 0 Å². The number of phenols is 3. The number of benzene rings is 2. The summed E-state index contributed by atoms with van der Waals surface area (Å²) in [6, 6.07) is 1.38. The largest absolute Gasteiger partial charge is 0.507 e. The molecule has 0 aliphatic carbocycles. The molecule has 5 nitrogen and oxygen atoms in total. The molecule has 0 aromatic heterocycles. The lowest BCUT2D eigenvalue weighted by molar-refractivity contribution is 0.112. The molecule has 0 fully saturated rings. The zero-order valence-electron chi connectivity index (χ0n) is 12.0. The molecule has 0 atom stereocenters. The lowest BCUT2D eigenvalue weighted by atomic mass is 9.97. The Kier molecular flexibility index (Phi) is 3.51. The quantitative estimate of drug-likeness (QED) is 0.574. The van der Waals surface area contributed by atoms with E-state index in [-0.39, 0.29) is 44.6 Å². The van der Waals surface area contributed by atoms with Gasteiger partial charge in [-0.05, 0) is 25.1 Å². The molecule has 110 valence electrons. The van der Waals surface area contributed by atoms with Crippen molar-refractivity contribution in [2.75, 3.05) is 7.11 Å². The van der Waals surface area contributed by atoms with E-state index in [1.807, 2.05) is 0 Å². The molecule has 21 heavy (non-hydrogen) atoms. The highest BCUT2D eigenvalue weighted by molar-refractivity contribution is 6.08. The maximum atomic E-state index is 11.3. The fourth-order valence-electron chi connectivity index (χ4n) is 2.42. The molecule has 2 aromatic rings. The summed E-state index contributed by atoms with van der Waals surface area (Å²) in [7, 11) is 1.32. The molecule has 0 amide bonds. The third-order valence-electron chi connectivity index (χ3n) is 3.45. The van der Waals surface area contributed by atoms with Crippen LogP contribution in [0.15, 0.2) is 6.07 Å². The van der Waals surface area contributed by atoms with Gasteiger partial charge in [-0.25, -0.2) is 0 Å². The predicted molar refractivity (Wildman–Crippen MR) is 80.4 cm³/mol. The van der Waals surface area contributed by atoms with Gasteiger partial charge < -0.3 is 20.1 Å². The van der Waals surface area contributed by atoms with Crippen LogP contribution in [0.1, 0.15) is 24.2 Å². The molecule has 0 radical (unpaired) electrons. The number of carbonyl (C=O) groups excluding carboxylic acids is 1. The first kappa shape index (κ1) is 14.7. The molecule has 0 aliphatic heterocycles. The SMILES string of the molecule is C=c1c(OC)c(O)c2c(C=O)c(O)cc(=C(C)C)c2c1O. The molecule has 0 heterocycles. The fraction of sp³-hybridized carbons (Fsp3) is 0.188. The van der Waals surface area contributed by atoms with Gasteiger partial charge >= 0.3 is 0 Å². The van der Waals surface area contributed by atoms with Crippen molar-refractivity contribution in [2.24, 2.45) is 0 Å². The lowest BCUT2D eigenvalue weighted by Gasteiger charge is -2.14. The first-order valence-corrected chi connectivity index (χ1v) is 6.24. The zero-order chi connectivity index (χ0) is 15.9. The van der Waals surface area contributed by atoms with Crippen molar-refractivity contribution in [3.8, 4) is 23.0 Å². The van der Waals surface area contributed by atoms with E-state index in [4.69, 9.17) is 4.74 Å². The van der Waals surface area contributed by atoms with Gasteiger partial charge in [0.05, 0.1) is 17.9 Å². The number of carbonyl (C=O) groups is 1. The summed E-state index contributed by atoms with van der Waals surface area (Å²) in [5.74, 6) is -0.842. The average molecular weight is 288 g/mol. The Morgan fingerprint density at radius 1 is 1.19 bits per heavy atom. The summed E-state index contributed by atoms with van der Waals surface area (Å²) in [5.41, 5.74) is 0.688. The van der Waals surface area contributed by atoms with Crippen LogP contribution in [0, 0.1) is 0 Å². The topological polar surface area (TPSA) is 87.0 Å². The minimum absolute atomic E-state index is 0.0339. The van der Waals surface area contributed by atoms with Gasteiger partial charge in [0.2, 0.25) is 0 Å². The molecule has 0 bridgehead atoms. The highest BCUT2D eigenvalue weighted by Crippen LogP contribution is 2.38. The van der Waals surface area contributed by atoms with E-state index in [1.54, 1.807) is 13.8 Å². The number of aldehydes is 1. The molecule has 3 N–H and O–H groups in total. The highest BCUT2D eigenvalue weighted by atomic mass is 16.5. The average Bonchev–Trinajstić information content (AvgIpc) is 2.44. The van der Waals surface area contributed by atoms with Crippen molar-refractivity contribution in [3.05, 3.63) is 22.1 Å². The Hall–Kier alpha value is -2.69. The van der Waals surface area contributed by atoms with Crippen LogP contribution in [0.3, 0.4) is 0 Å². The van der Waals surface area contributed by atoms with Crippen LogP contribution in [0.4, 0.5) is 0 Å². The van der Waals surface area contributed by atoms with Crippen molar-refractivity contribution in [3.63, 3.8) is 0 Å². The van der Waals surface area contributed by atoms with E-state index in [1.165, 1.54) is 13.2 Å². The number of rotatable bonds is 2. The monoisotopic (exact) mass is 288 g/mol. The van der Waals surface area contributed by atoms with Crippen LogP contribution < -0.4 is 15.2 Å². The maximum absolute atomic E-state index is 11.3. The molecular weight excluding hydrogens is 272 g/mol. The Morgan fingerprint density at radius 2 is 1.81 bits per heavy atom. The number of fused-ring (bicyclic) bond motifs is 1. The first-order chi connectivity index (χ1) is 9.84. The van der Waals surface area contributed by atoms with Gasteiger partial charge in [-0.3, -0.25) is 4.79 Å². The summed E-state index contributed by atoms with van der Waals surface area (Å²) in [6.45, 7) is 7.27. The Bertz CT molecular complexity index is 861. The molecule has 0 unspecified atom stereocenters. The molecule has 5 heteroatoms. The normalized spacial score (nSPS) is 10.6. The van der Waals surface area contributed by atoms with Gasteiger partial charge in [-0.2, -0.15) is 0 Å². The van der Waals surface area contributed by atoms with Crippen molar-refractivity contribution >= 4 is 29.2 Å². The highest BCUT2D eigenvalue weighted by Gasteiger charge is 2.20. The summed E-state index contributed by atoms with van der Waals surface area (Å²) in [4.78, 5) is 11.3. The number of phenolic OH excluding ortho intramolecular Hbond substituents is 3. The van der Waals surface area contributed by atoms with Crippen LogP contribution in [0.5, 0.6) is 23.0 Å². The third-order valence-corrected chi connectivity index (χ3v) is 3.45. The minimum atomic E-state index is -0.337. The predicted octanol–water partition coefficient (Wildman–Crippen LogP) is 1.38. The zero-order valence-corrected chi connectivity index (χ0v) is 12.0. The number of methoxy groups -OCH3 is 1. The molecule has 2 rings (SSSR count).